The summed E-state index contributed by atoms with van der Waals surface area (Å²) in [6, 6.07) is 10.6. The van der Waals surface area contributed by atoms with Gasteiger partial charge in [0.1, 0.15) is 23.5 Å². The number of amides is 1. The van der Waals surface area contributed by atoms with E-state index in [9.17, 15) is 4.79 Å². The normalized spacial score (nSPS) is 17.0. The van der Waals surface area contributed by atoms with E-state index in [-0.39, 0.29) is 17.9 Å². The highest BCUT2D eigenvalue weighted by molar-refractivity contribution is 5.94. The second kappa shape index (κ2) is 9.31. The zero-order valence-corrected chi connectivity index (χ0v) is 16.0. The van der Waals surface area contributed by atoms with E-state index in [1.165, 1.54) is 0 Å². The number of aromatic nitrogens is 1. The molecule has 0 radical (unpaired) electrons. The number of carbonyl (C=O) groups is 1. The minimum absolute atomic E-state index is 0.0818. The molecule has 1 N–H and O–H groups in total. The molecular formula is C21H23N3O4. The SMILES string of the molecule is Cc1cc(Oc2ncccc2C#N)ccc1NC(=O)C(C)OCC1CCCO1. The van der Waals surface area contributed by atoms with Crippen LogP contribution in [0.25, 0.3) is 0 Å². The molecule has 7 heteroatoms. The quantitative estimate of drug-likeness (QED) is 0.788. The lowest BCUT2D eigenvalue weighted by Crippen LogP contribution is -2.30. The second-order valence-electron chi connectivity index (χ2n) is 6.65. The van der Waals surface area contributed by atoms with Gasteiger partial charge in [-0.1, -0.05) is 0 Å². The second-order valence-corrected chi connectivity index (χ2v) is 6.65. The first-order chi connectivity index (χ1) is 13.6. The Bertz CT molecular complexity index is 872. The van der Waals surface area contributed by atoms with Gasteiger partial charge in [-0.25, -0.2) is 4.98 Å². The Morgan fingerprint density at radius 2 is 2.32 bits per heavy atom. The maximum Gasteiger partial charge on any atom is 0.253 e. The number of hydrogen-bond acceptors (Lipinski definition) is 6. The monoisotopic (exact) mass is 381 g/mol. The van der Waals surface area contributed by atoms with Crippen LogP contribution < -0.4 is 10.1 Å². The predicted molar refractivity (Wildman–Crippen MR) is 103 cm³/mol. The average molecular weight is 381 g/mol. The Hall–Kier alpha value is -2.95. The van der Waals surface area contributed by atoms with Gasteiger partial charge in [-0.05, 0) is 62.6 Å². The van der Waals surface area contributed by atoms with Crippen molar-refractivity contribution >= 4 is 11.6 Å². The fourth-order valence-electron chi connectivity index (χ4n) is 2.85. The van der Waals surface area contributed by atoms with Crippen LogP contribution in [0.4, 0.5) is 5.69 Å². The summed E-state index contributed by atoms with van der Waals surface area (Å²) in [6.45, 7) is 4.77. The van der Waals surface area contributed by atoms with Gasteiger partial charge in [0.25, 0.3) is 5.91 Å². The molecular weight excluding hydrogens is 358 g/mol. The summed E-state index contributed by atoms with van der Waals surface area (Å²) < 4.78 is 16.8. The molecule has 0 aliphatic carbocycles. The molecule has 2 atom stereocenters. The van der Waals surface area contributed by atoms with Crippen LogP contribution in [0, 0.1) is 18.3 Å². The lowest BCUT2D eigenvalue weighted by atomic mass is 10.2. The number of carbonyl (C=O) groups excluding carboxylic acids is 1. The van der Waals surface area contributed by atoms with E-state index >= 15 is 0 Å². The van der Waals surface area contributed by atoms with Gasteiger partial charge in [-0.2, -0.15) is 5.26 Å². The molecule has 7 nitrogen and oxygen atoms in total. The number of nitrogens with one attached hydrogen (secondary N) is 1. The van der Waals surface area contributed by atoms with Crippen LogP contribution >= 0.6 is 0 Å². The van der Waals surface area contributed by atoms with E-state index in [2.05, 4.69) is 10.3 Å². The minimum atomic E-state index is -0.578. The number of aryl methyl sites for hydroxylation is 1. The van der Waals surface area contributed by atoms with Gasteiger partial charge in [0.15, 0.2) is 0 Å². The summed E-state index contributed by atoms with van der Waals surface area (Å²) in [5.74, 6) is 0.567. The first kappa shape index (κ1) is 19.8. The van der Waals surface area contributed by atoms with E-state index in [1.807, 2.05) is 13.0 Å². The predicted octanol–water partition coefficient (Wildman–Crippen LogP) is 3.58. The summed E-state index contributed by atoms with van der Waals surface area (Å²) in [7, 11) is 0. The molecule has 1 amide bonds. The van der Waals surface area contributed by atoms with Crippen molar-refractivity contribution in [2.45, 2.75) is 38.9 Å². The van der Waals surface area contributed by atoms with Gasteiger partial charge in [-0.3, -0.25) is 4.79 Å². The van der Waals surface area contributed by atoms with Crippen LogP contribution in [0.3, 0.4) is 0 Å². The molecule has 146 valence electrons. The first-order valence-corrected chi connectivity index (χ1v) is 9.24. The van der Waals surface area contributed by atoms with Crippen molar-refractivity contribution in [1.29, 1.82) is 5.26 Å². The Morgan fingerprint density at radius 1 is 1.46 bits per heavy atom. The number of ether oxygens (including phenoxy) is 3. The third kappa shape index (κ3) is 5.06. The number of rotatable bonds is 7. The zero-order chi connectivity index (χ0) is 19.9. The maximum absolute atomic E-state index is 12.4. The van der Waals surface area contributed by atoms with Crippen molar-refractivity contribution in [2.75, 3.05) is 18.5 Å². The summed E-state index contributed by atoms with van der Waals surface area (Å²) in [4.78, 5) is 16.5. The number of pyridine rings is 1. The van der Waals surface area contributed by atoms with Crippen LogP contribution in [0.1, 0.15) is 30.9 Å². The lowest BCUT2D eigenvalue weighted by molar-refractivity contribution is -0.128. The summed E-state index contributed by atoms with van der Waals surface area (Å²) >= 11 is 0. The molecule has 1 saturated heterocycles. The van der Waals surface area contributed by atoms with Crippen LogP contribution in [-0.4, -0.2) is 36.3 Å². The van der Waals surface area contributed by atoms with E-state index in [4.69, 9.17) is 19.5 Å². The molecule has 2 heterocycles. The smallest absolute Gasteiger partial charge is 0.253 e. The largest absolute Gasteiger partial charge is 0.438 e. The van der Waals surface area contributed by atoms with Crippen LogP contribution in [0.15, 0.2) is 36.5 Å². The van der Waals surface area contributed by atoms with Gasteiger partial charge in [-0.15, -0.1) is 0 Å². The van der Waals surface area contributed by atoms with E-state index in [1.54, 1.807) is 43.5 Å². The molecule has 0 saturated carbocycles. The van der Waals surface area contributed by atoms with E-state index in [0.717, 1.165) is 25.0 Å². The van der Waals surface area contributed by atoms with E-state index < -0.39 is 6.10 Å². The third-order valence-corrected chi connectivity index (χ3v) is 4.49. The topological polar surface area (TPSA) is 93.5 Å². The summed E-state index contributed by atoms with van der Waals surface area (Å²) in [5.41, 5.74) is 1.85. The molecule has 1 aliphatic heterocycles. The van der Waals surface area contributed by atoms with Crippen molar-refractivity contribution in [3.8, 4) is 17.7 Å². The Balaban J connectivity index is 1.59. The number of benzene rings is 1. The summed E-state index contributed by atoms with van der Waals surface area (Å²) in [6.07, 6.45) is 3.08. The van der Waals surface area contributed by atoms with Gasteiger partial charge >= 0.3 is 0 Å². The molecule has 28 heavy (non-hydrogen) atoms. The zero-order valence-electron chi connectivity index (χ0n) is 16.0. The van der Waals surface area contributed by atoms with E-state index in [0.29, 0.717) is 23.6 Å². The molecule has 2 unspecified atom stereocenters. The van der Waals surface area contributed by atoms with Crippen LogP contribution in [-0.2, 0) is 14.3 Å². The van der Waals surface area contributed by atoms with Crippen molar-refractivity contribution in [3.63, 3.8) is 0 Å². The fourth-order valence-corrected chi connectivity index (χ4v) is 2.85. The highest BCUT2D eigenvalue weighted by atomic mass is 16.5. The summed E-state index contributed by atoms with van der Waals surface area (Å²) in [5, 5.41) is 12.0. The lowest BCUT2D eigenvalue weighted by Gasteiger charge is -2.17. The molecule has 2 aromatic rings. The van der Waals surface area contributed by atoms with Gasteiger partial charge in [0, 0.05) is 18.5 Å². The van der Waals surface area contributed by atoms with Crippen LogP contribution in [0.5, 0.6) is 11.6 Å². The number of hydrogen-bond donors (Lipinski definition) is 1. The number of nitrogens with zero attached hydrogens (tertiary/aromatic N) is 2. The van der Waals surface area contributed by atoms with Crippen molar-refractivity contribution < 1.29 is 19.0 Å². The van der Waals surface area contributed by atoms with Crippen molar-refractivity contribution in [3.05, 3.63) is 47.7 Å². The number of nitriles is 1. The molecule has 1 aliphatic rings. The first-order valence-electron chi connectivity index (χ1n) is 9.24. The number of anilines is 1. The minimum Gasteiger partial charge on any atom is -0.438 e. The highest BCUT2D eigenvalue weighted by Gasteiger charge is 2.20. The Kier molecular flexibility index (Phi) is 6.58. The Labute approximate surface area is 164 Å². The van der Waals surface area contributed by atoms with Gasteiger partial charge in [0.2, 0.25) is 5.88 Å². The van der Waals surface area contributed by atoms with Gasteiger partial charge in [0.05, 0.1) is 12.7 Å². The maximum atomic E-state index is 12.4. The molecule has 3 rings (SSSR count). The molecule has 0 bridgehead atoms. The van der Waals surface area contributed by atoms with Crippen molar-refractivity contribution in [1.82, 2.24) is 4.98 Å². The van der Waals surface area contributed by atoms with Gasteiger partial charge < -0.3 is 19.5 Å². The highest BCUT2D eigenvalue weighted by Crippen LogP contribution is 2.27. The Morgan fingerprint density at radius 3 is 3.04 bits per heavy atom. The molecule has 1 aromatic heterocycles. The molecule has 1 aromatic carbocycles. The molecule has 1 fully saturated rings. The van der Waals surface area contributed by atoms with Crippen LogP contribution in [0.2, 0.25) is 0 Å². The van der Waals surface area contributed by atoms with Crippen molar-refractivity contribution in [2.24, 2.45) is 0 Å². The fraction of sp³-hybridized carbons (Fsp3) is 0.381. The standard InChI is InChI=1S/C21H23N3O4/c1-14-11-17(28-21-16(12-22)5-3-9-23-21)7-8-19(14)24-20(25)15(2)27-13-18-6-4-10-26-18/h3,5,7-9,11,15,18H,4,6,10,13H2,1-2H3,(H,24,25). The average Bonchev–Trinajstić information content (AvgIpc) is 3.22. The third-order valence-electron chi connectivity index (χ3n) is 4.49. The molecule has 0 spiro atoms.